The molecule has 0 amide bonds. The summed E-state index contributed by atoms with van der Waals surface area (Å²) in [6.45, 7) is 0.750. The molecular weight excluding hydrogens is 537 g/mol. The highest BCUT2D eigenvalue weighted by atomic mass is 19.3. The number of benzene rings is 4. The van der Waals surface area contributed by atoms with E-state index in [1.807, 2.05) is 24.3 Å². The molecule has 0 radical (unpaired) electrons. The molecule has 0 unspecified atom stereocenters. The number of hydrogen-bond acceptors (Lipinski definition) is 2. The third-order valence-corrected chi connectivity index (χ3v) is 6.19. The highest BCUT2D eigenvalue weighted by Gasteiger charge is 2.34. The summed E-state index contributed by atoms with van der Waals surface area (Å²) in [6, 6.07) is 15.2. The van der Waals surface area contributed by atoms with Crippen LogP contribution in [0.1, 0.15) is 31.7 Å². The number of aryl methyl sites for hydroxylation is 1. The van der Waals surface area contributed by atoms with E-state index < -0.39 is 53.3 Å². The molecule has 0 saturated carbocycles. The van der Waals surface area contributed by atoms with Gasteiger partial charge in [-0.15, -0.1) is 0 Å². The zero-order chi connectivity index (χ0) is 28.9. The van der Waals surface area contributed by atoms with Crippen molar-refractivity contribution in [2.75, 3.05) is 6.61 Å². The summed E-state index contributed by atoms with van der Waals surface area (Å²) in [6.07, 6.45) is 0.325. The molecule has 0 aliphatic carbocycles. The van der Waals surface area contributed by atoms with Crippen molar-refractivity contribution in [2.45, 2.75) is 38.7 Å². The number of unbranched alkanes of at least 4 members (excludes halogenated alkanes) is 2. The largest absolute Gasteiger partial charge is 0.480 e. The molecular formula is C31H25F7O2. The fraction of sp³-hybridized carbons (Fsp3) is 0.226. The predicted octanol–water partition coefficient (Wildman–Crippen LogP) is 9.50. The summed E-state index contributed by atoms with van der Waals surface area (Å²) in [5, 5.41) is 0. The highest BCUT2D eigenvalue weighted by molar-refractivity contribution is 5.66. The van der Waals surface area contributed by atoms with Crippen LogP contribution < -0.4 is 9.47 Å². The molecule has 210 valence electrons. The van der Waals surface area contributed by atoms with Gasteiger partial charge < -0.3 is 9.47 Å². The lowest BCUT2D eigenvalue weighted by molar-refractivity contribution is -0.195. The van der Waals surface area contributed by atoms with Crippen LogP contribution in [-0.4, -0.2) is 12.7 Å². The Morgan fingerprint density at radius 2 is 1.30 bits per heavy atom. The smallest absolute Gasteiger partial charge is 0.433 e. The lowest BCUT2D eigenvalue weighted by Gasteiger charge is -2.19. The maximum absolute atomic E-state index is 14.6. The predicted molar refractivity (Wildman–Crippen MR) is 138 cm³/mol. The second kappa shape index (κ2) is 12.4. The monoisotopic (exact) mass is 562 g/mol. The molecule has 0 aliphatic heterocycles. The van der Waals surface area contributed by atoms with Crippen molar-refractivity contribution in [1.29, 1.82) is 0 Å². The second-order valence-corrected chi connectivity index (χ2v) is 9.22. The number of alkyl halides is 2. The van der Waals surface area contributed by atoms with Gasteiger partial charge in [0.2, 0.25) is 0 Å². The van der Waals surface area contributed by atoms with Crippen LogP contribution >= 0.6 is 0 Å². The van der Waals surface area contributed by atoms with E-state index in [0.29, 0.717) is 23.8 Å². The highest BCUT2D eigenvalue weighted by Crippen LogP contribution is 2.32. The molecule has 0 aromatic heterocycles. The summed E-state index contributed by atoms with van der Waals surface area (Å²) in [5.74, 6) is -7.83. The SMILES string of the molecule is CCCCCc1ccc(-c2ccc(OCC(F)(F)Oc3ccc(-c4cc(F)c(F)c(F)c4)c(F)c3)c(F)c2)cc1. The van der Waals surface area contributed by atoms with Gasteiger partial charge in [-0.2, -0.15) is 8.78 Å². The molecule has 0 heterocycles. The van der Waals surface area contributed by atoms with Crippen LogP contribution in [0.2, 0.25) is 0 Å². The Morgan fingerprint density at radius 3 is 1.93 bits per heavy atom. The number of rotatable bonds is 11. The van der Waals surface area contributed by atoms with E-state index in [0.717, 1.165) is 43.4 Å². The maximum Gasteiger partial charge on any atom is 0.433 e. The van der Waals surface area contributed by atoms with Gasteiger partial charge in [0, 0.05) is 11.6 Å². The van der Waals surface area contributed by atoms with Gasteiger partial charge >= 0.3 is 6.11 Å². The van der Waals surface area contributed by atoms with Crippen LogP contribution in [0.15, 0.2) is 72.8 Å². The Balaban J connectivity index is 1.39. The fourth-order valence-corrected chi connectivity index (χ4v) is 4.11. The normalized spacial score (nSPS) is 11.5. The van der Waals surface area contributed by atoms with Crippen molar-refractivity contribution in [2.24, 2.45) is 0 Å². The maximum atomic E-state index is 14.6. The Kier molecular flexibility index (Phi) is 9.02. The molecule has 4 aromatic carbocycles. The minimum absolute atomic E-state index is 0.336. The quantitative estimate of drug-likeness (QED) is 0.103. The van der Waals surface area contributed by atoms with Gasteiger partial charge in [0.25, 0.3) is 0 Å². The average Bonchev–Trinajstić information content (AvgIpc) is 2.91. The van der Waals surface area contributed by atoms with Crippen molar-refractivity contribution < 1.29 is 40.2 Å². The molecule has 0 spiro atoms. The molecule has 0 atom stereocenters. The third kappa shape index (κ3) is 7.14. The molecule has 9 heteroatoms. The van der Waals surface area contributed by atoms with Crippen molar-refractivity contribution in [3.05, 3.63) is 107 Å². The molecule has 0 bridgehead atoms. The van der Waals surface area contributed by atoms with Crippen LogP contribution in [0, 0.1) is 29.1 Å². The summed E-state index contributed by atoms with van der Waals surface area (Å²) >= 11 is 0. The van der Waals surface area contributed by atoms with E-state index in [9.17, 15) is 30.7 Å². The van der Waals surface area contributed by atoms with Crippen LogP contribution in [0.3, 0.4) is 0 Å². The van der Waals surface area contributed by atoms with Crippen LogP contribution in [0.25, 0.3) is 22.3 Å². The average molecular weight is 563 g/mol. The molecule has 4 rings (SSSR count). The van der Waals surface area contributed by atoms with Gasteiger partial charge in [-0.3, -0.25) is 0 Å². The summed E-state index contributed by atoms with van der Waals surface area (Å²) in [4.78, 5) is 0. The topological polar surface area (TPSA) is 18.5 Å². The molecule has 0 N–H and O–H groups in total. The molecule has 4 aromatic rings. The van der Waals surface area contributed by atoms with Crippen LogP contribution in [-0.2, 0) is 6.42 Å². The number of halogens is 7. The fourth-order valence-electron chi connectivity index (χ4n) is 4.11. The summed E-state index contributed by atoms with van der Waals surface area (Å²) < 4.78 is 107. The Bertz CT molecular complexity index is 1450. The van der Waals surface area contributed by atoms with E-state index in [4.69, 9.17) is 4.74 Å². The molecule has 40 heavy (non-hydrogen) atoms. The molecule has 0 aliphatic rings. The van der Waals surface area contributed by atoms with Gasteiger partial charge in [0.15, 0.2) is 35.6 Å². The first-order valence-electron chi connectivity index (χ1n) is 12.6. The first kappa shape index (κ1) is 29.0. The minimum atomic E-state index is -3.99. The first-order valence-corrected chi connectivity index (χ1v) is 12.6. The van der Waals surface area contributed by atoms with Gasteiger partial charge in [0.1, 0.15) is 11.6 Å². The Hall–Kier alpha value is -4.01. The molecule has 0 fully saturated rings. The molecule has 0 saturated heterocycles. The van der Waals surface area contributed by atoms with Gasteiger partial charge in [0.05, 0.1) is 0 Å². The summed E-state index contributed by atoms with van der Waals surface area (Å²) in [7, 11) is 0. The first-order chi connectivity index (χ1) is 19.1. The van der Waals surface area contributed by atoms with E-state index in [1.165, 1.54) is 17.7 Å². The zero-order valence-electron chi connectivity index (χ0n) is 21.4. The van der Waals surface area contributed by atoms with Gasteiger partial charge in [-0.1, -0.05) is 50.1 Å². The lowest BCUT2D eigenvalue weighted by atomic mass is 10.0. The van der Waals surface area contributed by atoms with Crippen LogP contribution in [0.4, 0.5) is 30.7 Å². The Labute approximate surface area is 227 Å². The van der Waals surface area contributed by atoms with Crippen molar-refractivity contribution in [3.63, 3.8) is 0 Å². The van der Waals surface area contributed by atoms with Crippen LogP contribution in [0.5, 0.6) is 11.5 Å². The standard InChI is InChI=1S/C31H25F7O2/c1-2-3-4-5-19-6-8-20(9-7-19)21-10-13-29(26(33)14-21)39-18-31(37,38)40-23-11-12-24(25(32)17-23)22-15-27(34)30(36)28(35)16-22/h6-17H,2-5,18H2,1H3. The summed E-state index contributed by atoms with van der Waals surface area (Å²) in [5.41, 5.74) is 1.78. The van der Waals surface area contributed by atoms with E-state index >= 15 is 0 Å². The lowest BCUT2D eigenvalue weighted by Crippen LogP contribution is -2.32. The number of ether oxygens (including phenoxy) is 2. The minimum Gasteiger partial charge on any atom is -0.480 e. The van der Waals surface area contributed by atoms with Crippen molar-refractivity contribution >= 4 is 0 Å². The van der Waals surface area contributed by atoms with Crippen molar-refractivity contribution in [1.82, 2.24) is 0 Å². The van der Waals surface area contributed by atoms with E-state index in [1.54, 1.807) is 6.07 Å². The Morgan fingerprint density at radius 1 is 0.650 bits per heavy atom. The van der Waals surface area contributed by atoms with E-state index in [-0.39, 0.29) is 11.1 Å². The zero-order valence-corrected chi connectivity index (χ0v) is 21.4. The second-order valence-electron chi connectivity index (χ2n) is 9.22. The van der Waals surface area contributed by atoms with Gasteiger partial charge in [-0.05, 0) is 71.5 Å². The van der Waals surface area contributed by atoms with Gasteiger partial charge in [-0.25, -0.2) is 22.0 Å². The third-order valence-electron chi connectivity index (χ3n) is 6.19. The molecule has 2 nitrogen and oxygen atoms in total. The number of hydrogen-bond donors (Lipinski definition) is 0. The van der Waals surface area contributed by atoms with E-state index in [2.05, 4.69) is 11.7 Å². The van der Waals surface area contributed by atoms with Crippen molar-refractivity contribution in [3.8, 4) is 33.8 Å².